The number of furan rings is 1. The van der Waals surface area contributed by atoms with Crippen molar-refractivity contribution in [1.29, 1.82) is 0 Å². The maximum atomic E-state index is 4.98. The van der Waals surface area contributed by atoms with E-state index in [4.69, 9.17) is 4.42 Å². The van der Waals surface area contributed by atoms with Crippen LogP contribution in [0.5, 0.6) is 0 Å². The molecule has 0 spiro atoms. The lowest BCUT2D eigenvalue weighted by molar-refractivity contribution is 0.516. The van der Waals surface area contributed by atoms with Crippen LogP contribution in [0.3, 0.4) is 0 Å². The smallest absolute Gasteiger partial charge is 0.103 e. The van der Waals surface area contributed by atoms with E-state index in [0.717, 1.165) is 30.7 Å². The average molecular weight is 309 g/mol. The molecule has 0 radical (unpaired) electrons. The van der Waals surface area contributed by atoms with Gasteiger partial charge in [0, 0.05) is 18.3 Å². The van der Waals surface area contributed by atoms with Gasteiger partial charge in [0.1, 0.15) is 5.76 Å². The van der Waals surface area contributed by atoms with Gasteiger partial charge in [-0.1, -0.05) is 57.2 Å². The van der Waals surface area contributed by atoms with Crippen molar-refractivity contribution in [2.75, 3.05) is 0 Å². The van der Waals surface area contributed by atoms with Gasteiger partial charge >= 0.3 is 0 Å². The topological polar surface area (TPSA) is 26.0 Å². The van der Waals surface area contributed by atoms with Crippen LogP contribution in [0.25, 0.3) is 0 Å². The van der Waals surface area contributed by atoms with Crippen LogP contribution in [-0.4, -0.2) is 4.98 Å². The number of nitrogens with zero attached hydrogens (tertiary/aromatic N) is 1. The molecule has 0 unspecified atom stereocenters. The first-order valence-corrected chi connectivity index (χ1v) is 8.26. The molecule has 2 heterocycles. The summed E-state index contributed by atoms with van der Waals surface area (Å²) in [7, 11) is 0. The Kier molecular flexibility index (Phi) is 9.93. The van der Waals surface area contributed by atoms with E-state index in [-0.39, 0.29) is 0 Å². The summed E-state index contributed by atoms with van der Waals surface area (Å²) in [4.78, 5) is 4.10. The molecule has 0 aliphatic rings. The fourth-order valence-corrected chi connectivity index (χ4v) is 1.83. The Balaban J connectivity index is 0.000000173. The van der Waals surface area contributed by atoms with E-state index in [0.29, 0.717) is 0 Å². The number of hydrogen-bond acceptors (Lipinski definition) is 2. The van der Waals surface area contributed by atoms with Crippen LogP contribution < -0.4 is 0 Å². The van der Waals surface area contributed by atoms with Crippen LogP contribution in [0.4, 0.5) is 0 Å². The molecule has 0 atom stereocenters. The van der Waals surface area contributed by atoms with E-state index in [2.05, 4.69) is 50.0 Å². The second-order valence-electron chi connectivity index (χ2n) is 4.95. The summed E-state index contributed by atoms with van der Waals surface area (Å²) >= 11 is 0. The Morgan fingerprint density at radius 3 is 1.83 bits per heavy atom. The Hall–Kier alpha value is -2.35. The largest absolute Gasteiger partial charge is 0.469 e. The van der Waals surface area contributed by atoms with Gasteiger partial charge in [0.05, 0.1) is 6.26 Å². The third kappa shape index (κ3) is 8.62. The minimum absolute atomic E-state index is 0.993. The number of pyridine rings is 1. The van der Waals surface area contributed by atoms with Crippen molar-refractivity contribution < 1.29 is 4.42 Å². The molecule has 23 heavy (non-hydrogen) atoms. The molecule has 122 valence electrons. The van der Waals surface area contributed by atoms with Crippen LogP contribution in [0.15, 0.2) is 77.5 Å². The van der Waals surface area contributed by atoms with Gasteiger partial charge in [-0.2, -0.15) is 0 Å². The molecule has 0 aliphatic heterocycles. The van der Waals surface area contributed by atoms with Crippen LogP contribution in [0.1, 0.15) is 37.8 Å². The molecule has 1 aromatic carbocycles. The molecule has 0 saturated heterocycles. The highest BCUT2D eigenvalue weighted by atomic mass is 16.3. The number of aryl methyl sites for hydroxylation is 3. The summed E-state index contributed by atoms with van der Waals surface area (Å²) in [6.45, 7) is 6.33. The summed E-state index contributed by atoms with van der Waals surface area (Å²) in [5, 5.41) is 0. The van der Waals surface area contributed by atoms with Gasteiger partial charge in [-0.3, -0.25) is 4.98 Å². The van der Waals surface area contributed by atoms with Crippen molar-refractivity contribution in [3.63, 3.8) is 0 Å². The third-order valence-electron chi connectivity index (χ3n) is 3.27. The quantitative estimate of drug-likeness (QED) is 0.617. The molecule has 0 bridgehead atoms. The van der Waals surface area contributed by atoms with E-state index in [1.807, 2.05) is 42.6 Å². The molecule has 3 rings (SSSR count). The Labute approximate surface area is 140 Å². The highest BCUT2D eigenvalue weighted by Gasteiger charge is 1.84. The second-order valence-corrected chi connectivity index (χ2v) is 4.95. The first kappa shape index (κ1) is 18.7. The average Bonchev–Trinajstić information content (AvgIpc) is 3.18. The fraction of sp³-hybridized carbons (Fsp3) is 0.286. The number of hydrogen-bond donors (Lipinski definition) is 0. The summed E-state index contributed by atoms with van der Waals surface area (Å²) < 4.78 is 4.98. The summed E-state index contributed by atoms with van der Waals surface area (Å²) in [6, 6.07) is 20.3. The van der Waals surface area contributed by atoms with Gasteiger partial charge in [0.25, 0.3) is 0 Å². The maximum Gasteiger partial charge on any atom is 0.103 e. The van der Waals surface area contributed by atoms with E-state index in [1.54, 1.807) is 6.26 Å². The predicted octanol–water partition coefficient (Wildman–Crippen LogP) is 5.74. The number of rotatable bonds is 3. The summed E-state index contributed by atoms with van der Waals surface area (Å²) in [5.41, 5.74) is 2.57. The standard InChI is InChI=1S/C8H10.C7H9N.C6H8O/c1-2-8-6-4-3-5-7-8;1-2-7-5-3-4-6-8-7;1-2-6-4-3-5-7-6/h3-7H,2H2,1H3;3-6H,2H2,1H3;3-5H,2H2,1H3. The minimum Gasteiger partial charge on any atom is -0.469 e. The molecule has 0 amide bonds. The van der Waals surface area contributed by atoms with Crippen molar-refractivity contribution in [3.8, 4) is 0 Å². The lowest BCUT2D eigenvalue weighted by atomic mass is 10.2. The monoisotopic (exact) mass is 309 g/mol. The number of benzene rings is 1. The van der Waals surface area contributed by atoms with Crippen molar-refractivity contribution in [2.24, 2.45) is 0 Å². The zero-order chi connectivity index (χ0) is 16.8. The van der Waals surface area contributed by atoms with Gasteiger partial charge in [0.15, 0.2) is 0 Å². The molecule has 3 aromatic rings. The van der Waals surface area contributed by atoms with E-state index in [1.165, 1.54) is 5.56 Å². The summed E-state index contributed by atoms with van der Waals surface area (Å²) in [6.07, 6.45) is 6.67. The maximum absolute atomic E-state index is 4.98. The zero-order valence-corrected chi connectivity index (χ0v) is 14.4. The molecule has 0 fully saturated rings. The van der Waals surface area contributed by atoms with Gasteiger partial charge in [-0.05, 0) is 42.7 Å². The molecule has 0 N–H and O–H groups in total. The normalized spacial score (nSPS) is 9.17. The van der Waals surface area contributed by atoms with Crippen LogP contribution in [0.2, 0.25) is 0 Å². The highest BCUT2D eigenvalue weighted by Crippen LogP contribution is 1.98. The lowest BCUT2D eigenvalue weighted by Crippen LogP contribution is -1.81. The Bertz CT molecular complexity index is 549. The fourth-order valence-electron chi connectivity index (χ4n) is 1.83. The van der Waals surface area contributed by atoms with E-state index in [9.17, 15) is 0 Å². The van der Waals surface area contributed by atoms with Gasteiger partial charge in [-0.25, -0.2) is 0 Å². The van der Waals surface area contributed by atoms with Gasteiger partial charge < -0.3 is 4.42 Å². The first-order chi connectivity index (χ1) is 11.3. The SMILES string of the molecule is CCc1ccccc1.CCc1ccccn1.CCc1ccco1. The molecular weight excluding hydrogens is 282 g/mol. The van der Waals surface area contributed by atoms with Gasteiger partial charge in [-0.15, -0.1) is 0 Å². The van der Waals surface area contributed by atoms with Crippen LogP contribution in [-0.2, 0) is 19.3 Å². The first-order valence-electron chi connectivity index (χ1n) is 8.26. The number of aromatic nitrogens is 1. The molecular formula is C21H27NO. The third-order valence-corrected chi connectivity index (χ3v) is 3.27. The highest BCUT2D eigenvalue weighted by molar-refractivity contribution is 5.13. The second kappa shape index (κ2) is 12.2. The zero-order valence-electron chi connectivity index (χ0n) is 14.4. The van der Waals surface area contributed by atoms with Crippen LogP contribution >= 0.6 is 0 Å². The lowest BCUT2D eigenvalue weighted by Gasteiger charge is -1.89. The Morgan fingerprint density at radius 1 is 0.739 bits per heavy atom. The van der Waals surface area contributed by atoms with Crippen molar-refractivity contribution >= 4 is 0 Å². The van der Waals surface area contributed by atoms with Gasteiger partial charge in [0.2, 0.25) is 0 Å². The Morgan fingerprint density at radius 2 is 1.48 bits per heavy atom. The van der Waals surface area contributed by atoms with E-state index >= 15 is 0 Å². The summed E-state index contributed by atoms with van der Waals surface area (Å²) in [5.74, 6) is 1.06. The predicted molar refractivity (Wildman–Crippen MR) is 97.5 cm³/mol. The van der Waals surface area contributed by atoms with Crippen molar-refractivity contribution in [2.45, 2.75) is 40.0 Å². The molecule has 2 nitrogen and oxygen atoms in total. The molecule has 2 heteroatoms. The van der Waals surface area contributed by atoms with Crippen molar-refractivity contribution in [1.82, 2.24) is 4.98 Å². The molecule has 0 saturated carbocycles. The minimum atomic E-state index is 0.993. The van der Waals surface area contributed by atoms with Crippen LogP contribution in [0, 0.1) is 0 Å². The van der Waals surface area contributed by atoms with E-state index < -0.39 is 0 Å². The van der Waals surface area contributed by atoms with Crippen molar-refractivity contribution in [3.05, 3.63) is 90.1 Å². The molecule has 0 aliphatic carbocycles. The molecule has 2 aromatic heterocycles.